The van der Waals surface area contributed by atoms with Crippen molar-refractivity contribution < 1.29 is 9.59 Å². The van der Waals surface area contributed by atoms with Crippen molar-refractivity contribution in [2.75, 3.05) is 32.7 Å². The van der Waals surface area contributed by atoms with Gasteiger partial charge in [-0.25, -0.2) is 0 Å². The summed E-state index contributed by atoms with van der Waals surface area (Å²) in [5.74, 6) is -0.136. The first-order chi connectivity index (χ1) is 11.2. The maximum atomic E-state index is 12.1. The van der Waals surface area contributed by atoms with Crippen molar-refractivity contribution in [2.45, 2.75) is 6.42 Å². The number of halogens is 1. The highest BCUT2D eigenvalue weighted by Crippen LogP contribution is 2.18. The maximum absolute atomic E-state index is 12.1. The number of hydrogen-bond donors (Lipinski definition) is 2. The largest absolute Gasteiger partial charge is 0.347 e. The Kier molecular flexibility index (Phi) is 6.58. The normalized spacial score (nSPS) is 14.1. The Morgan fingerprint density at radius 1 is 1.04 bits per heavy atom. The summed E-state index contributed by atoms with van der Waals surface area (Å²) in [5, 5.41) is 8.15. The first-order valence-electron chi connectivity index (χ1n) is 7.96. The number of hydrogen-bond acceptors (Lipinski definition) is 3. The van der Waals surface area contributed by atoms with Gasteiger partial charge in [-0.1, -0.05) is 42.5 Å². The van der Waals surface area contributed by atoms with E-state index in [4.69, 9.17) is 0 Å². The lowest BCUT2D eigenvalue weighted by molar-refractivity contribution is -0.133. The zero-order valence-corrected chi connectivity index (χ0v) is 14.3. The number of nitrogens with zero attached hydrogens (tertiary/aromatic N) is 1. The molecule has 24 heavy (non-hydrogen) atoms. The van der Waals surface area contributed by atoms with E-state index in [-0.39, 0.29) is 37.2 Å². The highest BCUT2D eigenvalue weighted by atomic mass is 35.5. The Bertz CT molecular complexity index is 709. The van der Waals surface area contributed by atoms with Gasteiger partial charge >= 0.3 is 0 Å². The van der Waals surface area contributed by atoms with Gasteiger partial charge in [-0.2, -0.15) is 0 Å². The van der Waals surface area contributed by atoms with Gasteiger partial charge in [-0.05, 0) is 16.3 Å². The molecule has 0 spiro atoms. The lowest BCUT2D eigenvalue weighted by Crippen LogP contribution is -2.49. The molecule has 1 aliphatic heterocycles. The molecular formula is C18H22ClN3O2. The van der Waals surface area contributed by atoms with Crippen LogP contribution in [0, 0.1) is 0 Å². The van der Waals surface area contributed by atoms with Gasteiger partial charge < -0.3 is 15.5 Å². The van der Waals surface area contributed by atoms with E-state index in [0.29, 0.717) is 13.1 Å². The van der Waals surface area contributed by atoms with Crippen LogP contribution >= 0.6 is 12.4 Å². The average molecular weight is 348 g/mol. The summed E-state index contributed by atoms with van der Waals surface area (Å²) >= 11 is 0. The molecule has 5 nitrogen and oxygen atoms in total. The number of benzene rings is 2. The van der Waals surface area contributed by atoms with Gasteiger partial charge in [0.1, 0.15) is 0 Å². The third-order valence-corrected chi connectivity index (χ3v) is 4.14. The Hall–Kier alpha value is -2.11. The summed E-state index contributed by atoms with van der Waals surface area (Å²) in [6, 6.07) is 14.0. The highest BCUT2D eigenvalue weighted by molar-refractivity contribution is 5.91. The lowest BCUT2D eigenvalue weighted by atomic mass is 10.0. The minimum Gasteiger partial charge on any atom is -0.347 e. The number of carbonyl (C=O) groups is 2. The van der Waals surface area contributed by atoms with Gasteiger partial charge in [-0.3, -0.25) is 9.59 Å². The standard InChI is InChI=1S/C18H21N3O2.ClH/c22-17(20-13-18(23)21-10-8-19-9-11-21)12-15-6-3-5-14-4-1-2-7-16(14)15;/h1-7,19H,8-13H2,(H,20,22);1H. The molecule has 1 saturated heterocycles. The van der Waals surface area contributed by atoms with E-state index in [1.165, 1.54) is 0 Å². The molecule has 3 rings (SSSR count). The van der Waals surface area contributed by atoms with Crippen LogP contribution in [0.2, 0.25) is 0 Å². The fourth-order valence-corrected chi connectivity index (χ4v) is 2.88. The fraction of sp³-hybridized carbons (Fsp3) is 0.333. The van der Waals surface area contributed by atoms with Crippen LogP contribution in [-0.2, 0) is 16.0 Å². The SMILES string of the molecule is Cl.O=C(Cc1cccc2ccccc12)NCC(=O)N1CCNCC1. The highest BCUT2D eigenvalue weighted by Gasteiger charge is 2.16. The van der Waals surface area contributed by atoms with Crippen LogP contribution in [0.25, 0.3) is 10.8 Å². The lowest BCUT2D eigenvalue weighted by Gasteiger charge is -2.27. The second-order valence-corrected chi connectivity index (χ2v) is 5.72. The summed E-state index contributed by atoms with van der Waals surface area (Å²) < 4.78 is 0. The van der Waals surface area contributed by atoms with Gasteiger partial charge in [0, 0.05) is 26.2 Å². The minimum absolute atomic E-state index is 0. The van der Waals surface area contributed by atoms with Crippen LogP contribution in [0.5, 0.6) is 0 Å². The third-order valence-electron chi connectivity index (χ3n) is 4.14. The Morgan fingerprint density at radius 3 is 2.54 bits per heavy atom. The average Bonchev–Trinajstić information content (AvgIpc) is 2.61. The van der Waals surface area contributed by atoms with Crippen molar-refractivity contribution in [2.24, 2.45) is 0 Å². The zero-order valence-electron chi connectivity index (χ0n) is 13.5. The summed E-state index contributed by atoms with van der Waals surface area (Å²) in [5.41, 5.74) is 0.982. The molecule has 0 bridgehead atoms. The molecule has 0 aliphatic carbocycles. The quantitative estimate of drug-likeness (QED) is 0.877. The predicted molar refractivity (Wildman–Crippen MR) is 97.4 cm³/mol. The Morgan fingerprint density at radius 2 is 1.75 bits per heavy atom. The topological polar surface area (TPSA) is 61.4 Å². The van der Waals surface area contributed by atoms with Gasteiger partial charge in [0.05, 0.1) is 13.0 Å². The summed E-state index contributed by atoms with van der Waals surface area (Å²) in [6.07, 6.45) is 0.288. The summed E-state index contributed by atoms with van der Waals surface area (Å²) in [6.45, 7) is 3.12. The summed E-state index contributed by atoms with van der Waals surface area (Å²) in [4.78, 5) is 26.0. The van der Waals surface area contributed by atoms with Gasteiger partial charge in [-0.15, -0.1) is 12.4 Å². The van der Waals surface area contributed by atoms with Crippen LogP contribution < -0.4 is 10.6 Å². The molecule has 2 N–H and O–H groups in total. The van der Waals surface area contributed by atoms with Crippen LogP contribution in [0.4, 0.5) is 0 Å². The van der Waals surface area contributed by atoms with Crippen molar-refractivity contribution >= 4 is 35.0 Å². The number of fused-ring (bicyclic) bond motifs is 1. The van der Waals surface area contributed by atoms with E-state index in [9.17, 15) is 9.59 Å². The molecule has 2 aromatic rings. The van der Waals surface area contributed by atoms with E-state index in [0.717, 1.165) is 29.4 Å². The molecule has 1 aliphatic rings. The monoisotopic (exact) mass is 347 g/mol. The van der Waals surface area contributed by atoms with Crippen LogP contribution in [0.15, 0.2) is 42.5 Å². The fourth-order valence-electron chi connectivity index (χ4n) is 2.88. The summed E-state index contributed by atoms with van der Waals surface area (Å²) in [7, 11) is 0. The van der Waals surface area contributed by atoms with Crippen molar-refractivity contribution in [1.29, 1.82) is 0 Å². The molecule has 0 unspecified atom stereocenters. The molecular weight excluding hydrogens is 326 g/mol. The number of rotatable bonds is 4. The first-order valence-corrected chi connectivity index (χ1v) is 7.96. The van der Waals surface area contributed by atoms with Crippen molar-refractivity contribution in [1.82, 2.24) is 15.5 Å². The molecule has 2 amide bonds. The van der Waals surface area contributed by atoms with Gasteiger partial charge in [0.2, 0.25) is 11.8 Å². The van der Waals surface area contributed by atoms with E-state index in [1.807, 2.05) is 42.5 Å². The molecule has 1 heterocycles. The first kappa shape index (κ1) is 18.2. The molecule has 128 valence electrons. The van der Waals surface area contributed by atoms with Crippen molar-refractivity contribution in [3.63, 3.8) is 0 Å². The number of nitrogens with one attached hydrogen (secondary N) is 2. The second kappa shape index (κ2) is 8.66. The smallest absolute Gasteiger partial charge is 0.242 e. The number of carbonyl (C=O) groups excluding carboxylic acids is 2. The van der Waals surface area contributed by atoms with E-state index in [2.05, 4.69) is 10.6 Å². The predicted octanol–water partition coefficient (Wildman–Crippen LogP) is 1.35. The van der Waals surface area contributed by atoms with Crippen LogP contribution in [-0.4, -0.2) is 49.4 Å². The molecule has 6 heteroatoms. The van der Waals surface area contributed by atoms with Crippen molar-refractivity contribution in [3.8, 4) is 0 Å². The van der Waals surface area contributed by atoms with E-state index < -0.39 is 0 Å². The van der Waals surface area contributed by atoms with Crippen LogP contribution in [0.1, 0.15) is 5.56 Å². The zero-order chi connectivity index (χ0) is 16.1. The third kappa shape index (κ3) is 4.46. The molecule has 0 atom stereocenters. The Labute approximate surface area is 147 Å². The molecule has 2 aromatic carbocycles. The van der Waals surface area contributed by atoms with Crippen molar-refractivity contribution in [3.05, 3.63) is 48.0 Å². The second-order valence-electron chi connectivity index (χ2n) is 5.72. The molecule has 0 saturated carbocycles. The van der Waals surface area contributed by atoms with Crippen LogP contribution in [0.3, 0.4) is 0 Å². The van der Waals surface area contributed by atoms with E-state index >= 15 is 0 Å². The van der Waals surface area contributed by atoms with Gasteiger partial charge in [0.25, 0.3) is 0 Å². The van der Waals surface area contributed by atoms with E-state index in [1.54, 1.807) is 4.90 Å². The minimum atomic E-state index is -0.121. The number of piperazine rings is 1. The Balaban J connectivity index is 0.00000208. The molecule has 1 fully saturated rings. The number of amides is 2. The maximum Gasteiger partial charge on any atom is 0.242 e. The molecule has 0 aromatic heterocycles. The van der Waals surface area contributed by atoms with Gasteiger partial charge in [0.15, 0.2) is 0 Å². The molecule has 0 radical (unpaired) electrons.